The summed E-state index contributed by atoms with van der Waals surface area (Å²) in [6.45, 7) is 5.54. The minimum absolute atomic E-state index is 0.612. The molecule has 3 nitrogen and oxygen atoms in total. The molecule has 0 bridgehead atoms. The van der Waals surface area contributed by atoms with E-state index in [2.05, 4.69) is 28.4 Å². The van der Waals surface area contributed by atoms with E-state index in [0.29, 0.717) is 5.88 Å². The molecule has 0 N–H and O–H groups in total. The Bertz CT molecular complexity index is 505. The summed E-state index contributed by atoms with van der Waals surface area (Å²) in [6.07, 6.45) is 6.89. The van der Waals surface area contributed by atoms with Crippen molar-refractivity contribution in [2.24, 2.45) is 5.92 Å². The van der Waals surface area contributed by atoms with Crippen LogP contribution >= 0.6 is 11.6 Å². The lowest BCUT2D eigenvalue weighted by Crippen LogP contribution is -2.05. The van der Waals surface area contributed by atoms with Crippen LogP contribution < -0.4 is 0 Å². The van der Waals surface area contributed by atoms with Crippen molar-refractivity contribution < 1.29 is 0 Å². The van der Waals surface area contributed by atoms with E-state index in [4.69, 9.17) is 11.6 Å². The van der Waals surface area contributed by atoms with E-state index in [-0.39, 0.29) is 0 Å². The summed E-state index contributed by atoms with van der Waals surface area (Å²) < 4.78 is 2.29. The number of fused-ring (bicyclic) bond motifs is 1. The molecule has 2 aromatic heterocycles. The SMILES string of the molecule is CC(C)CCCn1c(CCCl)nc2cnccc21. The number of pyridine rings is 1. The van der Waals surface area contributed by atoms with Crippen LogP contribution in [-0.2, 0) is 13.0 Å². The Morgan fingerprint density at radius 3 is 2.94 bits per heavy atom. The van der Waals surface area contributed by atoms with E-state index in [9.17, 15) is 0 Å². The molecule has 18 heavy (non-hydrogen) atoms. The highest BCUT2D eigenvalue weighted by Gasteiger charge is 2.09. The van der Waals surface area contributed by atoms with Gasteiger partial charge in [-0.05, 0) is 24.8 Å². The van der Waals surface area contributed by atoms with Crippen molar-refractivity contribution in [3.05, 3.63) is 24.3 Å². The second-order valence-corrected chi connectivity index (χ2v) is 5.40. The van der Waals surface area contributed by atoms with Crippen molar-refractivity contribution in [2.75, 3.05) is 5.88 Å². The summed E-state index contributed by atoms with van der Waals surface area (Å²) in [5.74, 6) is 2.44. The number of hydrogen-bond acceptors (Lipinski definition) is 2. The Hall–Kier alpha value is -1.09. The lowest BCUT2D eigenvalue weighted by Gasteiger charge is -2.09. The number of nitrogens with zero attached hydrogens (tertiary/aromatic N) is 3. The minimum Gasteiger partial charge on any atom is -0.328 e. The molecular formula is C14H20ClN3. The third-order valence-corrected chi connectivity index (χ3v) is 3.30. The summed E-state index contributed by atoms with van der Waals surface area (Å²) in [5.41, 5.74) is 2.15. The monoisotopic (exact) mass is 265 g/mol. The van der Waals surface area contributed by atoms with Crippen molar-refractivity contribution in [1.29, 1.82) is 0 Å². The summed E-state index contributed by atoms with van der Waals surface area (Å²) in [4.78, 5) is 8.74. The number of alkyl halides is 1. The maximum Gasteiger partial charge on any atom is 0.111 e. The van der Waals surface area contributed by atoms with Gasteiger partial charge in [-0.15, -0.1) is 11.6 Å². The number of aryl methyl sites for hydroxylation is 2. The van der Waals surface area contributed by atoms with Gasteiger partial charge >= 0.3 is 0 Å². The van der Waals surface area contributed by atoms with Gasteiger partial charge in [0.2, 0.25) is 0 Å². The van der Waals surface area contributed by atoms with E-state index < -0.39 is 0 Å². The highest BCUT2D eigenvalue weighted by Crippen LogP contribution is 2.17. The van der Waals surface area contributed by atoms with E-state index in [0.717, 1.165) is 30.2 Å². The lowest BCUT2D eigenvalue weighted by atomic mass is 10.1. The third-order valence-electron chi connectivity index (χ3n) is 3.11. The van der Waals surface area contributed by atoms with Crippen molar-refractivity contribution >= 4 is 22.6 Å². The number of aromatic nitrogens is 3. The Balaban J connectivity index is 2.24. The van der Waals surface area contributed by atoms with E-state index in [1.54, 1.807) is 0 Å². The van der Waals surface area contributed by atoms with Gasteiger partial charge in [0.25, 0.3) is 0 Å². The van der Waals surface area contributed by atoms with Crippen molar-refractivity contribution in [1.82, 2.24) is 14.5 Å². The van der Waals surface area contributed by atoms with Crippen LogP contribution in [0.25, 0.3) is 11.0 Å². The molecule has 2 rings (SSSR count). The van der Waals surface area contributed by atoms with Gasteiger partial charge in [0.05, 0.1) is 11.7 Å². The Labute approximate surface area is 113 Å². The first-order valence-corrected chi connectivity index (χ1v) is 7.11. The molecule has 0 saturated carbocycles. The molecule has 0 aromatic carbocycles. The smallest absolute Gasteiger partial charge is 0.111 e. The molecule has 0 spiro atoms. The fourth-order valence-corrected chi connectivity index (χ4v) is 2.38. The largest absolute Gasteiger partial charge is 0.328 e. The summed E-state index contributed by atoms with van der Waals surface area (Å²) >= 11 is 5.85. The molecule has 4 heteroatoms. The zero-order valence-corrected chi connectivity index (χ0v) is 11.8. The Morgan fingerprint density at radius 1 is 1.39 bits per heavy atom. The standard InChI is InChI=1S/C14H20ClN3/c1-11(2)4-3-9-18-13-6-8-16-10-12(13)17-14(18)5-7-15/h6,8,10-11H,3-5,7,9H2,1-2H3. The Morgan fingerprint density at radius 2 is 2.22 bits per heavy atom. The van der Waals surface area contributed by atoms with Crippen LogP contribution in [0.15, 0.2) is 18.5 Å². The van der Waals surface area contributed by atoms with Crippen LogP contribution in [0.2, 0.25) is 0 Å². The minimum atomic E-state index is 0.612. The first kappa shape index (κ1) is 13.3. The van der Waals surface area contributed by atoms with Gasteiger partial charge in [0.15, 0.2) is 0 Å². The van der Waals surface area contributed by atoms with Crippen LogP contribution in [0.4, 0.5) is 0 Å². The van der Waals surface area contributed by atoms with Gasteiger partial charge in [0.1, 0.15) is 11.3 Å². The van der Waals surface area contributed by atoms with Gasteiger partial charge < -0.3 is 4.57 Å². The molecule has 0 unspecified atom stereocenters. The van der Waals surface area contributed by atoms with E-state index in [1.807, 2.05) is 18.5 Å². The van der Waals surface area contributed by atoms with Gasteiger partial charge in [-0.2, -0.15) is 0 Å². The number of imidazole rings is 1. The number of rotatable bonds is 6. The zero-order chi connectivity index (χ0) is 13.0. The van der Waals surface area contributed by atoms with Crippen LogP contribution in [-0.4, -0.2) is 20.4 Å². The number of halogens is 1. The highest BCUT2D eigenvalue weighted by atomic mass is 35.5. The molecule has 0 fully saturated rings. The van der Waals surface area contributed by atoms with Gasteiger partial charge in [0, 0.05) is 25.0 Å². The molecule has 0 atom stereocenters. The van der Waals surface area contributed by atoms with E-state index in [1.165, 1.54) is 18.4 Å². The molecule has 0 aliphatic heterocycles. The zero-order valence-electron chi connectivity index (χ0n) is 11.1. The summed E-state index contributed by atoms with van der Waals surface area (Å²) in [6, 6.07) is 2.04. The van der Waals surface area contributed by atoms with Crippen LogP contribution in [0.1, 0.15) is 32.5 Å². The first-order valence-electron chi connectivity index (χ1n) is 6.57. The van der Waals surface area contributed by atoms with Crippen molar-refractivity contribution in [3.8, 4) is 0 Å². The molecule has 0 amide bonds. The molecule has 0 aliphatic rings. The van der Waals surface area contributed by atoms with Crippen LogP contribution in [0, 0.1) is 5.92 Å². The Kier molecular flexibility index (Phi) is 4.59. The maximum absolute atomic E-state index is 5.85. The topological polar surface area (TPSA) is 30.7 Å². The van der Waals surface area contributed by atoms with Crippen molar-refractivity contribution in [3.63, 3.8) is 0 Å². The fourth-order valence-electron chi connectivity index (χ4n) is 2.21. The average molecular weight is 266 g/mol. The predicted molar refractivity (Wildman–Crippen MR) is 76.0 cm³/mol. The predicted octanol–water partition coefficient (Wildman–Crippen LogP) is 3.65. The quantitative estimate of drug-likeness (QED) is 0.747. The molecule has 2 aromatic rings. The second kappa shape index (κ2) is 6.19. The first-order chi connectivity index (χ1) is 8.72. The fraction of sp³-hybridized carbons (Fsp3) is 0.571. The normalized spacial score (nSPS) is 11.6. The van der Waals surface area contributed by atoms with Crippen molar-refractivity contribution in [2.45, 2.75) is 39.7 Å². The lowest BCUT2D eigenvalue weighted by molar-refractivity contribution is 0.510. The van der Waals surface area contributed by atoms with Gasteiger partial charge in [-0.1, -0.05) is 13.8 Å². The maximum atomic E-state index is 5.85. The molecule has 0 radical (unpaired) electrons. The third kappa shape index (κ3) is 3.02. The van der Waals surface area contributed by atoms with Gasteiger partial charge in [-0.25, -0.2) is 4.98 Å². The molecule has 0 saturated heterocycles. The second-order valence-electron chi connectivity index (χ2n) is 5.02. The van der Waals surface area contributed by atoms with Crippen LogP contribution in [0.5, 0.6) is 0 Å². The number of hydrogen-bond donors (Lipinski definition) is 0. The molecular weight excluding hydrogens is 246 g/mol. The van der Waals surface area contributed by atoms with Gasteiger partial charge in [-0.3, -0.25) is 4.98 Å². The highest BCUT2D eigenvalue weighted by molar-refractivity contribution is 6.17. The summed E-state index contributed by atoms with van der Waals surface area (Å²) in [7, 11) is 0. The molecule has 98 valence electrons. The van der Waals surface area contributed by atoms with E-state index >= 15 is 0 Å². The molecule has 0 aliphatic carbocycles. The molecule has 2 heterocycles. The van der Waals surface area contributed by atoms with Crippen LogP contribution in [0.3, 0.4) is 0 Å². The average Bonchev–Trinajstić information content (AvgIpc) is 2.68. The summed E-state index contributed by atoms with van der Waals surface area (Å²) in [5, 5.41) is 0.